The fourth-order valence-electron chi connectivity index (χ4n) is 1.90. The predicted molar refractivity (Wildman–Crippen MR) is 85.7 cm³/mol. The Kier molecular flexibility index (Phi) is 8.52. The van der Waals surface area contributed by atoms with E-state index in [1.807, 2.05) is 6.26 Å². The summed E-state index contributed by atoms with van der Waals surface area (Å²) in [4.78, 5) is 35.3. The Hall–Kier alpha value is -1.98. The van der Waals surface area contributed by atoms with Crippen LogP contribution in [0, 0.1) is 0 Å². The summed E-state index contributed by atoms with van der Waals surface area (Å²) in [5, 5.41) is 30.3. The Morgan fingerprint density at radius 1 is 1.44 bits per heavy atom. The van der Waals surface area contributed by atoms with Gasteiger partial charge < -0.3 is 34.8 Å². The standard InChI is InChI=1S/C14H21NO9S/c1-3-22-12(19)7(4-5-25-2)15-14(21)24-11-9(18)10(8(17)6-16)23-13(11)20/h7-8,10,16-18H,3-6H2,1-2H3,(H,15,21)/t7?,8-,10?/m0/s1. The molecule has 142 valence electrons. The fourth-order valence-corrected chi connectivity index (χ4v) is 2.37. The number of carbonyl (C=O) groups excluding carboxylic acids is 3. The first-order valence-corrected chi connectivity index (χ1v) is 8.82. The van der Waals surface area contributed by atoms with Crippen LogP contribution in [0.4, 0.5) is 4.79 Å². The van der Waals surface area contributed by atoms with Gasteiger partial charge in [0.2, 0.25) is 0 Å². The second-order valence-corrected chi connectivity index (χ2v) is 5.90. The van der Waals surface area contributed by atoms with Crippen LogP contribution in [0.25, 0.3) is 0 Å². The summed E-state index contributed by atoms with van der Waals surface area (Å²) < 4.78 is 14.2. The number of ether oxygens (including phenoxy) is 3. The first-order valence-electron chi connectivity index (χ1n) is 7.42. The number of alkyl carbamates (subject to hydrolysis) is 1. The van der Waals surface area contributed by atoms with Crippen LogP contribution in [0.15, 0.2) is 11.5 Å². The molecule has 0 aliphatic carbocycles. The molecule has 0 saturated carbocycles. The zero-order valence-electron chi connectivity index (χ0n) is 13.8. The lowest BCUT2D eigenvalue weighted by Gasteiger charge is -2.16. The highest BCUT2D eigenvalue weighted by Crippen LogP contribution is 2.24. The minimum Gasteiger partial charge on any atom is -0.505 e. The highest BCUT2D eigenvalue weighted by Gasteiger charge is 2.41. The molecule has 10 nitrogen and oxygen atoms in total. The van der Waals surface area contributed by atoms with Crippen molar-refractivity contribution in [3.8, 4) is 0 Å². The molecule has 1 rings (SSSR count). The van der Waals surface area contributed by atoms with Crippen molar-refractivity contribution >= 4 is 29.8 Å². The minimum atomic E-state index is -1.57. The molecule has 1 amide bonds. The van der Waals surface area contributed by atoms with Crippen molar-refractivity contribution in [1.29, 1.82) is 0 Å². The maximum Gasteiger partial charge on any atom is 0.413 e. The van der Waals surface area contributed by atoms with Gasteiger partial charge in [-0.05, 0) is 25.4 Å². The first kappa shape index (κ1) is 21.1. The van der Waals surface area contributed by atoms with Gasteiger partial charge in [0, 0.05) is 0 Å². The zero-order chi connectivity index (χ0) is 19.0. The highest BCUT2D eigenvalue weighted by molar-refractivity contribution is 7.98. The molecular formula is C14H21NO9S. The van der Waals surface area contributed by atoms with Gasteiger partial charge in [-0.1, -0.05) is 0 Å². The molecule has 0 saturated heterocycles. The smallest absolute Gasteiger partial charge is 0.413 e. The Balaban J connectivity index is 2.76. The van der Waals surface area contributed by atoms with Gasteiger partial charge in [0.1, 0.15) is 12.1 Å². The van der Waals surface area contributed by atoms with E-state index in [2.05, 4.69) is 10.1 Å². The van der Waals surface area contributed by atoms with E-state index in [4.69, 9.17) is 14.6 Å². The van der Waals surface area contributed by atoms with Crippen molar-refractivity contribution in [2.45, 2.75) is 31.6 Å². The van der Waals surface area contributed by atoms with Gasteiger partial charge in [0.05, 0.1) is 13.2 Å². The van der Waals surface area contributed by atoms with Gasteiger partial charge in [0.15, 0.2) is 11.9 Å². The maximum absolute atomic E-state index is 11.9. The summed E-state index contributed by atoms with van der Waals surface area (Å²) in [6.45, 7) is 0.970. The number of hydrogen-bond acceptors (Lipinski definition) is 10. The van der Waals surface area contributed by atoms with Crippen molar-refractivity contribution in [3.05, 3.63) is 11.5 Å². The molecule has 0 aromatic carbocycles. The molecular weight excluding hydrogens is 358 g/mol. The number of amides is 1. The van der Waals surface area contributed by atoms with Crippen LogP contribution < -0.4 is 5.32 Å². The van der Waals surface area contributed by atoms with Gasteiger partial charge in [0.25, 0.3) is 5.76 Å². The maximum atomic E-state index is 11.9. The number of rotatable bonds is 9. The number of aliphatic hydroxyl groups is 3. The second-order valence-electron chi connectivity index (χ2n) is 4.91. The highest BCUT2D eigenvalue weighted by atomic mass is 32.2. The monoisotopic (exact) mass is 379 g/mol. The lowest BCUT2D eigenvalue weighted by Crippen LogP contribution is -2.42. The number of thioether (sulfide) groups is 1. The topological polar surface area (TPSA) is 152 Å². The lowest BCUT2D eigenvalue weighted by atomic mass is 10.2. The van der Waals surface area contributed by atoms with E-state index in [1.54, 1.807) is 6.92 Å². The average molecular weight is 379 g/mol. The number of carbonyl (C=O) groups is 3. The van der Waals surface area contributed by atoms with E-state index >= 15 is 0 Å². The predicted octanol–water partition coefficient (Wildman–Crippen LogP) is -0.554. The fraction of sp³-hybridized carbons (Fsp3) is 0.643. The molecule has 11 heteroatoms. The molecule has 0 spiro atoms. The van der Waals surface area contributed by atoms with Crippen LogP contribution in [-0.2, 0) is 23.8 Å². The number of esters is 2. The van der Waals surface area contributed by atoms with Crippen LogP contribution in [-0.4, -0.2) is 76.8 Å². The largest absolute Gasteiger partial charge is 0.505 e. The van der Waals surface area contributed by atoms with Gasteiger partial charge in [-0.3, -0.25) is 0 Å². The third-order valence-corrected chi connectivity index (χ3v) is 3.77. The van der Waals surface area contributed by atoms with Crippen LogP contribution in [0.3, 0.4) is 0 Å². The van der Waals surface area contributed by atoms with E-state index in [0.717, 1.165) is 0 Å². The molecule has 4 N–H and O–H groups in total. The third kappa shape index (κ3) is 5.80. The van der Waals surface area contributed by atoms with E-state index in [1.165, 1.54) is 11.8 Å². The summed E-state index contributed by atoms with van der Waals surface area (Å²) >= 11 is 1.46. The molecule has 0 fully saturated rings. The Morgan fingerprint density at radius 2 is 2.12 bits per heavy atom. The van der Waals surface area contributed by atoms with E-state index in [0.29, 0.717) is 5.75 Å². The quantitative estimate of drug-likeness (QED) is 0.303. The summed E-state index contributed by atoms with van der Waals surface area (Å²) in [6, 6.07) is -0.987. The van der Waals surface area contributed by atoms with E-state index in [9.17, 15) is 24.6 Å². The van der Waals surface area contributed by atoms with E-state index in [-0.39, 0.29) is 13.0 Å². The first-order chi connectivity index (χ1) is 11.8. The summed E-state index contributed by atoms with van der Waals surface area (Å²) in [5.74, 6) is -2.91. The van der Waals surface area contributed by atoms with Crippen LogP contribution in [0.1, 0.15) is 13.3 Å². The van der Waals surface area contributed by atoms with Crippen molar-refractivity contribution < 1.29 is 43.9 Å². The van der Waals surface area contributed by atoms with Crippen LogP contribution in [0.5, 0.6) is 0 Å². The molecule has 1 aliphatic rings. The van der Waals surface area contributed by atoms with Crippen molar-refractivity contribution in [2.24, 2.45) is 0 Å². The molecule has 0 bridgehead atoms. The Morgan fingerprint density at radius 3 is 2.68 bits per heavy atom. The Bertz CT molecular complexity index is 536. The van der Waals surface area contributed by atoms with Crippen molar-refractivity contribution in [2.75, 3.05) is 25.2 Å². The summed E-state index contributed by atoms with van der Waals surface area (Å²) in [7, 11) is 0. The number of hydrogen-bond donors (Lipinski definition) is 4. The van der Waals surface area contributed by atoms with Crippen LogP contribution >= 0.6 is 11.8 Å². The Labute approximate surface area is 148 Å². The number of cyclic esters (lactones) is 1. The molecule has 0 radical (unpaired) electrons. The van der Waals surface area contributed by atoms with Gasteiger partial charge >= 0.3 is 18.0 Å². The second kappa shape index (κ2) is 10.1. The van der Waals surface area contributed by atoms with Crippen molar-refractivity contribution in [3.63, 3.8) is 0 Å². The summed E-state index contributed by atoms with van der Waals surface area (Å²) in [6.07, 6.45) is -2.17. The molecule has 1 heterocycles. The molecule has 0 aromatic rings. The van der Waals surface area contributed by atoms with Gasteiger partial charge in [-0.15, -0.1) is 0 Å². The van der Waals surface area contributed by atoms with Gasteiger partial charge in [-0.25, -0.2) is 14.4 Å². The van der Waals surface area contributed by atoms with E-state index < -0.39 is 54.4 Å². The molecule has 2 unspecified atom stereocenters. The molecule has 0 aromatic heterocycles. The normalized spacial score (nSPS) is 19.2. The lowest BCUT2D eigenvalue weighted by molar-refractivity contribution is -0.147. The number of aliphatic hydroxyl groups excluding tert-OH is 3. The molecule has 3 atom stereocenters. The zero-order valence-corrected chi connectivity index (χ0v) is 14.6. The van der Waals surface area contributed by atoms with Gasteiger partial charge in [-0.2, -0.15) is 11.8 Å². The van der Waals surface area contributed by atoms with Crippen molar-refractivity contribution in [1.82, 2.24) is 5.32 Å². The minimum absolute atomic E-state index is 0.129. The SMILES string of the molecule is CCOC(=O)C(CCSC)NC(=O)OC1=C(O)C([C@@H](O)CO)OC1=O. The van der Waals surface area contributed by atoms with Crippen LogP contribution in [0.2, 0.25) is 0 Å². The molecule has 1 aliphatic heterocycles. The summed E-state index contributed by atoms with van der Waals surface area (Å²) in [5.41, 5.74) is 0. The average Bonchev–Trinajstić information content (AvgIpc) is 2.86. The molecule has 25 heavy (non-hydrogen) atoms. The third-order valence-electron chi connectivity index (χ3n) is 3.13. The number of nitrogens with one attached hydrogen (secondary N) is 1.